The monoisotopic (exact) mass is 1180 g/mol. The number of halogens is 1. The Morgan fingerprint density at radius 1 is 0.928 bits per heavy atom. The van der Waals surface area contributed by atoms with Gasteiger partial charge in [-0.1, -0.05) is 49.2 Å². The Morgan fingerprint density at radius 2 is 1.72 bits per heavy atom. The van der Waals surface area contributed by atoms with Crippen molar-refractivity contribution in [3.8, 4) is 11.5 Å². The fourth-order valence-electron chi connectivity index (χ4n) is 12.0. The van der Waals surface area contributed by atoms with Crippen LogP contribution in [0.5, 0.6) is 11.5 Å². The normalized spacial score (nSPS) is 19.0. The summed E-state index contributed by atoms with van der Waals surface area (Å²) < 4.78 is 36.5. The van der Waals surface area contributed by atoms with Crippen LogP contribution in [0.3, 0.4) is 0 Å². The Bertz CT molecular complexity index is 3630. The Labute approximate surface area is 491 Å². The Hall–Kier alpha value is -7.30. The molecule has 3 fully saturated rings. The molecule has 2 aromatic heterocycles. The van der Waals surface area contributed by atoms with E-state index in [1.54, 1.807) is 53.2 Å². The van der Waals surface area contributed by atoms with Crippen molar-refractivity contribution < 1.29 is 37.3 Å². The standard InChI is InChI=1S/C61H67ClN10O9S2/c1-61(2)21-17-42(49(34-61)40-7-9-43(62)10-8-40)37-69-26-28-70(29-27-69)44-11-13-48(54(32-44)81-45-31-41-18-22-63-57(41)65-36-45)58(74)67-83(79,80)46-12-14-51(53(33-46)72(77)78)64-35-39-19-24-68(25-20-39)23-4-30-82-55-6-3-5-47-50(55)38-71(60(47)76)52-15-16-56(73)66-59(52)75/h3,5-14,18,22,31-33,36,39,52,64H,4,15-17,19-21,23-30,34-35,37-38H2,1-2H3,(H,63,65)(H,67,74)(H,66,73,75). The number of nitrogens with one attached hydrogen (secondary N) is 4. The van der Waals surface area contributed by atoms with Crippen LogP contribution < -0.4 is 25.0 Å². The van der Waals surface area contributed by atoms with E-state index in [1.807, 2.05) is 30.3 Å². The van der Waals surface area contributed by atoms with Gasteiger partial charge in [0.1, 0.15) is 28.9 Å². The molecule has 4 aromatic carbocycles. The number of likely N-dealkylation sites (tertiary alicyclic amines) is 1. The van der Waals surface area contributed by atoms with Gasteiger partial charge in [0.25, 0.3) is 27.5 Å². The number of rotatable bonds is 19. The summed E-state index contributed by atoms with van der Waals surface area (Å²) >= 11 is 7.96. The number of fused-ring (bicyclic) bond motifs is 2. The molecule has 1 aliphatic carbocycles. The van der Waals surface area contributed by atoms with Gasteiger partial charge >= 0.3 is 0 Å². The molecule has 3 saturated heterocycles. The number of thioether (sulfide) groups is 1. The Balaban J connectivity index is 0.693. The van der Waals surface area contributed by atoms with E-state index in [4.69, 9.17) is 16.3 Å². The zero-order valence-electron chi connectivity index (χ0n) is 46.5. The maximum atomic E-state index is 14.2. The number of nitro benzene ring substituents is 1. The Kier molecular flexibility index (Phi) is 17.0. The molecule has 0 saturated carbocycles. The molecule has 83 heavy (non-hydrogen) atoms. The first-order valence-corrected chi connectivity index (χ1v) is 31.2. The first kappa shape index (κ1) is 57.5. The number of hydrogen-bond donors (Lipinski definition) is 4. The van der Waals surface area contributed by atoms with Crippen molar-refractivity contribution in [1.82, 2.24) is 34.7 Å². The topological polar surface area (TPSA) is 233 Å². The van der Waals surface area contributed by atoms with Crippen molar-refractivity contribution in [2.75, 3.05) is 74.9 Å². The number of allylic oxidation sites excluding steroid dienone is 1. The fourth-order valence-corrected chi connectivity index (χ4v) is 14.2. The first-order chi connectivity index (χ1) is 39.9. The lowest BCUT2D eigenvalue weighted by atomic mass is 9.72. The summed E-state index contributed by atoms with van der Waals surface area (Å²) in [5, 5.41) is 19.5. The van der Waals surface area contributed by atoms with Gasteiger partial charge in [-0.2, -0.15) is 0 Å². The number of piperidine rings is 2. The van der Waals surface area contributed by atoms with Crippen molar-refractivity contribution in [1.29, 1.82) is 0 Å². The van der Waals surface area contributed by atoms with Crippen LogP contribution >= 0.6 is 23.4 Å². The molecule has 4 amide bonds. The molecule has 6 aromatic rings. The SMILES string of the molecule is CC1(C)CCC(CN2CCN(c3ccc(C(=O)NS(=O)(=O)c4ccc(NCC5CCN(CCCSc6cccc7c6CN(C6CCC(=O)NC6=O)C7=O)CC5)c([N+](=O)[O-])c4)c(Oc4cnc5[nH]ccc5c4)c3)CC2)=C(c2ccc(Cl)cc2)C1. The van der Waals surface area contributed by atoms with Crippen molar-refractivity contribution in [2.24, 2.45) is 11.3 Å². The molecule has 434 valence electrons. The number of pyridine rings is 1. The van der Waals surface area contributed by atoms with E-state index in [0.717, 1.165) is 116 Å². The van der Waals surface area contributed by atoms with Crippen molar-refractivity contribution in [3.05, 3.63) is 146 Å². The van der Waals surface area contributed by atoms with Crippen LogP contribution in [0.4, 0.5) is 17.1 Å². The summed E-state index contributed by atoms with van der Waals surface area (Å²) in [6, 6.07) is 25.4. The van der Waals surface area contributed by atoms with Crippen molar-refractivity contribution in [2.45, 2.75) is 87.6 Å². The van der Waals surface area contributed by atoms with E-state index in [1.165, 1.54) is 35.0 Å². The first-order valence-electron chi connectivity index (χ1n) is 28.3. The average Bonchev–Trinajstić information content (AvgIpc) is 4.23. The lowest BCUT2D eigenvalue weighted by Gasteiger charge is -2.39. The van der Waals surface area contributed by atoms with Gasteiger partial charge < -0.3 is 29.7 Å². The van der Waals surface area contributed by atoms with Gasteiger partial charge in [0.2, 0.25) is 11.8 Å². The molecule has 1 unspecified atom stereocenters. The zero-order chi connectivity index (χ0) is 58.0. The second kappa shape index (κ2) is 24.5. The fraction of sp³-hybridized carbons (Fsp3) is 0.393. The molecule has 22 heteroatoms. The van der Waals surface area contributed by atoms with Crippen LogP contribution in [0.1, 0.15) is 97.1 Å². The number of aromatic amines is 1. The highest BCUT2D eigenvalue weighted by Crippen LogP contribution is 2.44. The number of hydrogen-bond acceptors (Lipinski definition) is 15. The number of carbonyl (C=O) groups is 4. The third-order valence-corrected chi connectivity index (χ3v) is 19.5. The van der Waals surface area contributed by atoms with E-state index in [9.17, 15) is 37.7 Å². The van der Waals surface area contributed by atoms with Crippen LogP contribution in [-0.4, -0.2) is 132 Å². The number of nitrogens with zero attached hydrogens (tertiary/aromatic N) is 6. The number of sulfonamides is 1. The Morgan fingerprint density at radius 3 is 2.49 bits per heavy atom. The summed E-state index contributed by atoms with van der Waals surface area (Å²) in [5.41, 5.74) is 6.92. The lowest BCUT2D eigenvalue weighted by molar-refractivity contribution is -0.384. The number of benzene rings is 4. The molecule has 5 aliphatic rings. The molecule has 6 heterocycles. The van der Waals surface area contributed by atoms with Gasteiger partial charge in [0.05, 0.1) is 21.6 Å². The molecular formula is C61H67ClN10O9S2. The van der Waals surface area contributed by atoms with Gasteiger partial charge in [0.15, 0.2) is 0 Å². The molecule has 0 bridgehead atoms. The molecular weight excluding hydrogens is 1120 g/mol. The molecule has 19 nitrogen and oxygen atoms in total. The van der Waals surface area contributed by atoms with Crippen LogP contribution in [0, 0.1) is 21.4 Å². The maximum absolute atomic E-state index is 14.2. The van der Waals surface area contributed by atoms with Gasteiger partial charge in [0, 0.05) is 97.1 Å². The number of nitro groups is 1. The predicted octanol–water partition coefficient (Wildman–Crippen LogP) is 9.89. The number of anilines is 2. The van der Waals surface area contributed by atoms with Crippen molar-refractivity contribution in [3.63, 3.8) is 0 Å². The number of H-pyrrole nitrogens is 1. The number of ether oxygens (including phenoxy) is 1. The largest absolute Gasteiger partial charge is 0.455 e. The smallest absolute Gasteiger partial charge is 0.293 e. The minimum Gasteiger partial charge on any atom is -0.455 e. The average molecular weight is 1180 g/mol. The third-order valence-electron chi connectivity index (χ3n) is 16.7. The van der Waals surface area contributed by atoms with Crippen LogP contribution in [0.2, 0.25) is 5.02 Å². The third kappa shape index (κ3) is 13.2. The van der Waals surface area contributed by atoms with E-state index in [0.29, 0.717) is 49.6 Å². The minimum atomic E-state index is -4.63. The summed E-state index contributed by atoms with van der Waals surface area (Å²) in [6.07, 6.45) is 9.60. The molecule has 11 rings (SSSR count). The number of amides is 4. The zero-order valence-corrected chi connectivity index (χ0v) is 48.8. The summed E-state index contributed by atoms with van der Waals surface area (Å²) in [6.45, 7) is 11.9. The van der Waals surface area contributed by atoms with Crippen LogP contribution in [0.25, 0.3) is 16.6 Å². The van der Waals surface area contributed by atoms with Gasteiger partial charge in [-0.25, -0.2) is 18.1 Å². The second-order valence-corrected chi connectivity index (χ2v) is 26.2. The highest BCUT2D eigenvalue weighted by molar-refractivity contribution is 7.99. The molecule has 4 aliphatic heterocycles. The molecule has 0 spiro atoms. The van der Waals surface area contributed by atoms with Crippen LogP contribution in [-0.2, 0) is 26.2 Å². The highest BCUT2D eigenvalue weighted by Gasteiger charge is 2.40. The highest BCUT2D eigenvalue weighted by atomic mass is 35.5. The number of piperazine rings is 1. The maximum Gasteiger partial charge on any atom is 0.293 e. The quantitative estimate of drug-likeness (QED) is 0.0194. The van der Waals surface area contributed by atoms with Gasteiger partial charge in [-0.15, -0.1) is 11.8 Å². The van der Waals surface area contributed by atoms with Gasteiger partial charge in [-0.3, -0.25) is 39.5 Å². The molecule has 4 N–H and O–H groups in total. The van der Waals surface area contributed by atoms with Crippen molar-refractivity contribution >= 4 is 90.7 Å². The molecule has 0 radical (unpaired) electrons. The summed E-state index contributed by atoms with van der Waals surface area (Å²) in [7, 11) is -4.63. The van der Waals surface area contributed by atoms with Crippen LogP contribution in [0.15, 0.2) is 119 Å². The van der Waals surface area contributed by atoms with E-state index >= 15 is 0 Å². The van der Waals surface area contributed by atoms with E-state index in [2.05, 4.69) is 66.0 Å². The predicted molar refractivity (Wildman–Crippen MR) is 320 cm³/mol. The molecule has 1 atom stereocenters. The van der Waals surface area contributed by atoms with E-state index in [-0.39, 0.29) is 46.6 Å². The second-order valence-electron chi connectivity index (χ2n) is 23.0. The minimum absolute atomic E-state index is 0.0554. The van der Waals surface area contributed by atoms with E-state index < -0.39 is 43.4 Å². The summed E-state index contributed by atoms with van der Waals surface area (Å²) in [4.78, 5) is 80.3. The summed E-state index contributed by atoms with van der Waals surface area (Å²) in [5.74, 6) is -0.398. The van der Waals surface area contributed by atoms with Gasteiger partial charge in [-0.05, 0) is 159 Å². The number of aromatic nitrogens is 2. The number of carbonyl (C=O) groups excluding carboxylic acids is 4. The lowest BCUT2D eigenvalue weighted by Crippen LogP contribution is -2.52. The number of imide groups is 1.